The quantitative estimate of drug-likeness (QED) is 0.263. The highest BCUT2D eigenvalue weighted by Crippen LogP contribution is 2.48. The van der Waals surface area contributed by atoms with Gasteiger partial charge in [-0.05, 0) is 79.1 Å². The van der Waals surface area contributed by atoms with Crippen LogP contribution in [-0.2, 0) is 0 Å². The molecule has 4 heterocycles. The first kappa shape index (κ1) is 22.7. The first-order chi connectivity index (χ1) is 18.1. The van der Waals surface area contributed by atoms with Crippen LogP contribution in [0.15, 0.2) is 97.6 Å². The second kappa shape index (κ2) is 9.36. The van der Waals surface area contributed by atoms with Gasteiger partial charge in [-0.25, -0.2) is 9.97 Å². The van der Waals surface area contributed by atoms with E-state index in [0.29, 0.717) is 5.82 Å². The third kappa shape index (κ3) is 4.15. The Morgan fingerprint density at radius 2 is 1.24 bits per heavy atom. The van der Waals surface area contributed by atoms with E-state index in [1.165, 1.54) is 0 Å². The normalized spacial score (nSPS) is 11.1. The van der Waals surface area contributed by atoms with Gasteiger partial charge in [0.1, 0.15) is 0 Å². The zero-order valence-electron chi connectivity index (χ0n) is 21.0. The van der Waals surface area contributed by atoms with Gasteiger partial charge in [-0.3, -0.25) is 15.0 Å². The molecule has 2 aromatic carbocycles. The summed E-state index contributed by atoms with van der Waals surface area (Å²) in [5, 5.41) is 2.11. The molecule has 0 spiro atoms. The SMILES string of the molecule is Cc1ccc(-c2c(-c3cc(C)ccn3)c(-c3ncccn3)c3ccccc3c2-c2cccc(C)n2)nc1. The van der Waals surface area contributed by atoms with Crippen LogP contribution in [-0.4, -0.2) is 24.9 Å². The Morgan fingerprint density at radius 3 is 1.95 bits per heavy atom. The van der Waals surface area contributed by atoms with Crippen LogP contribution < -0.4 is 0 Å². The van der Waals surface area contributed by atoms with E-state index in [-0.39, 0.29) is 0 Å². The molecular formula is C32H25N5. The van der Waals surface area contributed by atoms with Crippen LogP contribution in [0.4, 0.5) is 0 Å². The zero-order chi connectivity index (χ0) is 25.4. The van der Waals surface area contributed by atoms with E-state index < -0.39 is 0 Å². The van der Waals surface area contributed by atoms with Crippen molar-refractivity contribution >= 4 is 10.8 Å². The topological polar surface area (TPSA) is 64.5 Å². The summed E-state index contributed by atoms with van der Waals surface area (Å²) >= 11 is 0. The number of aromatic nitrogens is 5. The fourth-order valence-electron chi connectivity index (χ4n) is 4.85. The van der Waals surface area contributed by atoms with E-state index >= 15 is 0 Å². The van der Waals surface area contributed by atoms with Crippen molar-refractivity contribution in [2.45, 2.75) is 20.8 Å². The maximum absolute atomic E-state index is 4.97. The molecule has 178 valence electrons. The van der Waals surface area contributed by atoms with Crippen LogP contribution in [0.5, 0.6) is 0 Å². The third-order valence-electron chi connectivity index (χ3n) is 6.49. The summed E-state index contributed by atoms with van der Waals surface area (Å²) in [6.45, 7) is 6.15. The minimum absolute atomic E-state index is 0.647. The lowest BCUT2D eigenvalue weighted by Crippen LogP contribution is -2.02. The molecule has 0 bridgehead atoms. The summed E-state index contributed by atoms with van der Waals surface area (Å²) in [5.41, 5.74) is 9.64. The number of aryl methyl sites for hydroxylation is 3. The van der Waals surface area contributed by atoms with Gasteiger partial charge in [-0.1, -0.05) is 36.4 Å². The van der Waals surface area contributed by atoms with Gasteiger partial charge < -0.3 is 0 Å². The van der Waals surface area contributed by atoms with E-state index in [1.54, 1.807) is 12.4 Å². The molecule has 5 nitrogen and oxygen atoms in total. The number of hydrogen-bond acceptors (Lipinski definition) is 5. The fraction of sp³-hybridized carbons (Fsp3) is 0.0938. The molecular weight excluding hydrogens is 454 g/mol. The number of benzene rings is 2. The van der Waals surface area contributed by atoms with Gasteiger partial charge in [-0.2, -0.15) is 0 Å². The molecule has 0 amide bonds. The monoisotopic (exact) mass is 479 g/mol. The molecule has 0 unspecified atom stereocenters. The lowest BCUT2D eigenvalue weighted by atomic mass is 9.83. The number of fused-ring (bicyclic) bond motifs is 1. The Morgan fingerprint density at radius 1 is 0.486 bits per heavy atom. The minimum Gasteiger partial charge on any atom is -0.256 e. The van der Waals surface area contributed by atoms with Gasteiger partial charge in [0.2, 0.25) is 0 Å². The second-order valence-electron chi connectivity index (χ2n) is 9.22. The predicted octanol–water partition coefficient (Wildman–Crippen LogP) is 7.41. The smallest absolute Gasteiger partial charge is 0.160 e. The lowest BCUT2D eigenvalue weighted by molar-refractivity contribution is 1.17. The molecule has 0 N–H and O–H groups in total. The van der Waals surface area contributed by atoms with E-state index in [1.807, 2.05) is 44.4 Å². The van der Waals surface area contributed by atoms with Crippen molar-refractivity contribution in [3.63, 3.8) is 0 Å². The highest BCUT2D eigenvalue weighted by atomic mass is 14.9. The van der Waals surface area contributed by atoms with Crippen LogP contribution >= 0.6 is 0 Å². The van der Waals surface area contributed by atoms with Crippen LogP contribution in [0.1, 0.15) is 16.8 Å². The standard InChI is InChI=1S/C32H25N5/c1-20-14-17-33-27(18-20)31-29(32-34-15-7-16-35-32)24-10-5-4-9-23(24)28(26-11-6-8-22(3)37-26)30(31)25-13-12-21(2)19-36-25/h4-19H,1-3H3. The van der Waals surface area contributed by atoms with E-state index in [0.717, 1.165) is 66.9 Å². The van der Waals surface area contributed by atoms with Gasteiger partial charge in [-0.15, -0.1) is 0 Å². The fourth-order valence-corrected chi connectivity index (χ4v) is 4.85. The van der Waals surface area contributed by atoms with Crippen molar-refractivity contribution in [1.82, 2.24) is 24.9 Å². The summed E-state index contributed by atoms with van der Waals surface area (Å²) < 4.78 is 0. The Hall–Kier alpha value is -4.77. The summed E-state index contributed by atoms with van der Waals surface area (Å²) in [4.78, 5) is 24.1. The van der Waals surface area contributed by atoms with E-state index in [2.05, 4.69) is 61.5 Å². The molecule has 0 atom stereocenters. The van der Waals surface area contributed by atoms with Crippen LogP contribution in [0.2, 0.25) is 0 Å². The van der Waals surface area contributed by atoms with Crippen molar-refractivity contribution in [1.29, 1.82) is 0 Å². The highest BCUT2D eigenvalue weighted by Gasteiger charge is 2.26. The van der Waals surface area contributed by atoms with Crippen molar-refractivity contribution < 1.29 is 0 Å². The van der Waals surface area contributed by atoms with Gasteiger partial charge in [0.25, 0.3) is 0 Å². The third-order valence-corrected chi connectivity index (χ3v) is 6.49. The maximum atomic E-state index is 4.97. The molecule has 6 aromatic rings. The van der Waals surface area contributed by atoms with E-state index in [4.69, 9.17) is 24.9 Å². The molecule has 0 saturated carbocycles. The second-order valence-corrected chi connectivity index (χ2v) is 9.22. The van der Waals surface area contributed by atoms with Crippen molar-refractivity contribution in [2.24, 2.45) is 0 Å². The number of hydrogen-bond donors (Lipinski definition) is 0. The molecule has 0 saturated heterocycles. The summed E-state index contributed by atoms with van der Waals surface area (Å²) in [5.74, 6) is 0.647. The number of pyridine rings is 3. The minimum atomic E-state index is 0.647. The first-order valence-corrected chi connectivity index (χ1v) is 12.3. The molecule has 4 aromatic heterocycles. The highest BCUT2D eigenvalue weighted by molar-refractivity contribution is 6.16. The Balaban J connectivity index is 1.89. The van der Waals surface area contributed by atoms with Crippen LogP contribution in [0.25, 0.3) is 55.9 Å². The van der Waals surface area contributed by atoms with Crippen molar-refractivity contribution in [3.8, 4) is 45.2 Å². The molecule has 37 heavy (non-hydrogen) atoms. The van der Waals surface area contributed by atoms with Crippen LogP contribution in [0, 0.1) is 20.8 Å². The summed E-state index contributed by atoms with van der Waals surface area (Å²) in [6, 6.07) is 24.7. The summed E-state index contributed by atoms with van der Waals surface area (Å²) in [7, 11) is 0. The summed E-state index contributed by atoms with van der Waals surface area (Å²) in [6.07, 6.45) is 7.32. The Bertz CT molecular complexity index is 1740. The molecule has 6 rings (SSSR count). The first-order valence-electron chi connectivity index (χ1n) is 12.3. The molecule has 0 aliphatic heterocycles. The van der Waals surface area contributed by atoms with Gasteiger partial charge in [0.15, 0.2) is 5.82 Å². The van der Waals surface area contributed by atoms with Crippen molar-refractivity contribution in [2.75, 3.05) is 0 Å². The average Bonchev–Trinajstić information content (AvgIpc) is 2.92. The van der Waals surface area contributed by atoms with Gasteiger partial charge >= 0.3 is 0 Å². The Labute approximate surface area is 216 Å². The molecule has 0 aliphatic rings. The lowest BCUT2D eigenvalue weighted by Gasteiger charge is -2.22. The predicted molar refractivity (Wildman–Crippen MR) is 149 cm³/mol. The number of nitrogens with zero attached hydrogens (tertiary/aromatic N) is 5. The maximum Gasteiger partial charge on any atom is 0.160 e. The van der Waals surface area contributed by atoms with Gasteiger partial charge in [0.05, 0.1) is 17.1 Å². The van der Waals surface area contributed by atoms with Crippen LogP contribution in [0.3, 0.4) is 0 Å². The molecule has 0 aliphatic carbocycles. The number of rotatable bonds is 4. The molecule has 5 heteroatoms. The van der Waals surface area contributed by atoms with Crippen molar-refractivity contribution in [3.05, 3.63) is 114 Å². The van der Waals surface area contributed by atoms with E-state index in [9.17, 15) is 0 Å². The average molecular weight is 480 g/mol. The Kier molecular flexibility index (Phi) is 5.73. The largest absolute Gasteiger partial charge is 0.256 e. The zero-order valence-corrected chi connectivity index (χ0v) is 21.0. The molecule has 0 radical (unpaired) electrons. The molecule has 0 fully saturated rings. The van der Waals surface area contributed by atoms with Gasteiger partial charge in [0, 0.05) is 52.7 Å².